The van der Waals surface area contributed by atoms with E-state index in [1.165, 1.54) is 9.80 Å². The molecule has 0 aromatic heterocycles. The Bertz CT molecular complexity index is 1380. The number of aliphatic hydroxyl groups excluding tert-OH is 2. The SMILES string of the molecule is CC[C@H](C)[C@@H]([C@H](O)CC(=O)N1CCC[C@H]1[C@H](O)[C@@H](C)C(=O)N[C@@H](Cc1ccccc1)C(=O)OC(C)(C)C)N(C)C(=O)[C@@H](NC(=O)[C@@H](NC)C(C)C)C(C)C. The van der Waals surface area contributed by atoms with Crippen LogP contribution in [-0.2, 0) is 35.1 Å². The van der Waals surface area contributed by atoms with Crippen molar-refractivity contribution in [2.24, 2.45) is 23.7 Å². The number of aliphatic hydroxyl groups is 2. The number of nitrogens with one attached hydrogen (secondary N) is 3. The molecule has 9 atom stereocenters. The molecule has 4 amide bonds. The van der Waals surface area contributed by atoms with Crippen LogP contribution in [0.3, 0.4) is 0 Å². The predicted molar refractivity (Wildman–Crippen MR) is 209 cm³/mol. The standard InChI is InChI=1S/C41H69N5O8/c1-13-26(6)35(45(12)39(52)34(25(4)5)44-38(51)33(42-11)24(2)3)31(47)23-32(48)46-21-17-20-30(46)36(49)27(7)37(50)43-29(40(53)54-41(8,9)10)22-28-18-15-14-16-19-28/h14-16,18-19,24-27,29-31,33-36,42,47,49H,13,17,20-23H2,1-12H3,(H,43,50)(H,44,51)/t26-,27+,29-,30-,31+,33-,34-,35-,36+/m0/s1. The highest BCUT2D eigenvalue weighted by Crippen LogP contribution is 2.28. The third-order valence-corrected chi connectivity index (χ3v) is 10.5. The van der Waals surface area contributed by atoms with Crippen LogP contribution in [0.5, 0.6) is 0 Å². The second-order valence-corrected chi connectivity index (χ2v) is 16.7. The molecule has 0 radical (unpaired) electrons. The molecule has 1 fully saturated rings. The number of carbonyl (C=O) groups is 5. The zero-order valence-electron chi connectivity index (χ0n) is 34.7. The molecule has 1 aliphatic heterocycles. The lowest BCUT2D eigenvalue weighted by atomic mass is 9.89. The molecule has 0 spiro atoms. The number of nitrogens with zero attached hydrogens (tertiary/aromatic N) is 2. The normalized spacial score (nSPS) is 19.3. The Hall–Kier alpha value is -3.55. The fourth-order valence-corrected chi connectivity index (χ4v) is 7.23. The van der Waals surface area contributed by atoms with Gasteiger partial charge in [-0.3, -0.25) is 19.2 Å². The van der Waals surface area contributed by atoms with Gasteiger partial charge in [0.15, 0.2) is 0 Å². The van der Waals surface area contributed by atoms with E-state index in [1.807, 2.05) is 71.9 Å². The van der Waals surface area contributed by atoms with Crippen LogP contribution in [0.4, 0.5) is 0 Å². The van der Waals surface area contributed by atoms with Gasteiger partial charge in [-0.2, -0.15) is 0 Å². The molecule has 2 rings (SSSR count). The van der Waals surface area contributed by atoms with E-state index in [0.717, 1.165) is 5.56 Å². The molecule has 306 valence electrons. The first-order chi connectivity index (χ1) is 25.1. The summed E-state index contributed by atoms with van der Waals surface area (Å²) in [6.45, 7) is 18.5. The third kappa shape index (κ3) is 13.0. The Labute approximate surface area is 323 Å². The summed E-state index contributed by atoms with van der Waals surface area (Å²) in [6, 6.07) is 5.49. The van der Waals surface area contributed by atoms with Crippen LogP contribution in [0.25, 0.3) is 0 Å². The summed E-state index contributed by atoms with van der Waals surface area (Å²) in [5.41, 5.74) is 0.0527. The number of likely N-dealkylation sites (N-methyl/N-ethyl adjacent to an activating group) is 2. The van der Waals surface area contributed by atoms with Crippen molar-refractivity contribution in [3.05, 3.63) is 35.9 Å². The summed E-state index contributed by atoms with van der Waals surface area (Å²) in [6.07, 6.45) is -0.926. The summed E-state index contributed by atoms with van der Waals surface area (Å²) in [4.78, 5) is 70.6. The van der Waals surface area contributed by atoms with Crippen LogP contribution in [0, 0.1) is 23.7 Å². The van der Waals surface area contributed by atoms with Gasteiger partial charge in [-0.05, 0) is 64.0 Å². The maximum Gasteiger partial charge on any atom is 0.329 e. The quantitative estimate of drug-likeness (QED) is 0.133. The minimum Gasteiger partial charge on any atom is -0.458 e. The van der Waals surface area contributed by atoms with Gasteiger partial charge in [-0.15, -0.1) is 0 Å². The summed E-state index contributed by atoms with van der Waals surface area (Å²) in [7, 11) is 3.29. The summed E-state index contributed by atoms with van der Waals surface area (Å²) >= 11 is 0. The van der Waals surface area contributed by atoms with E-state index >= 15 is 0 Å². The molecule has 1 aromatic carbocycles. The number of benzene rings is 1. The number of hydrogen-bond donors (Lipinski definition) is 5. The molecule has 1 saturated heterocycles. The first kappa shape index (κ1) is 46.6. The van der Waals surface area contributed by atoms with Crippen molar-refractivity contribution in [3.8, 4) is 0 Å². The topological polar surface area (TPSA) is 178 Å². The molecular weight excluding hydrogens is 690 g/mol. The Morgan fingerprint density at radius 2 is 1.52 bits per heavy atom. The predicted octanol–water partition coefficient (Wildman–Crippen LogP) is 3.05. The van der Waals surface area contributed by atoms with Gasteiger partial charge in [0, 0.05) is 20.0 Å². The van der Waals surface area contributed by atoms with Crippen molar-refractivity contribution in [1.82, 2.24) is 25.8 Å². The lowest BCUT2D eigenvalue weighted by Crippen LogP contribution is -2.59. The molecule has 13 heteroatoms. The highest BCUT2D eigenvalue weighted by Gasteiger charge is 2.42. The maximum atomic E-state index is 14.0. The molecule has 54 heavy (non-hydrogen) atoms. The molecule has 5 N–H and O–H groups in total. The lowest BCUT2D eigenvalue weighted by molar-refractivity contribution is -0.159. The molecule has 1 heterocycles. The number of amides is 4. The van der Waals surface area contributed by atoms with Crippen molar-refractivity contribution in [3.63, 3.8) is 0 Å². The Kier molecular flexibility index (Phi) is 18.1. The van der Waals surface area contributed by atoms with Crippen molar-refractivity contribution >= 4 is 29.6 Å². The van der Waals surface area contributed by atoms with Crippen LogP contribution in [-0.4, -0.2) is 118 Å². The van der Waals surface area contributed by atoms with Gasteiger partial charge >= 0.3 is 5.97 Å². The second kappa shape index (κ2) is 20.9. The minimum atomic E-state index is -1.25. The van der Waals surface area contributed by atoms with Crippen molar-refractivity contribution in [1.29, 1.82) is 0 Å². The summed E-state index contributed by atoms with van der Waals surface area (Å²) in [5, 5.41) is 31.8. The fraction of sp³-hybridized carbons (Fsp3) is 0.732. The molecular formula is C41H69N5O8. The minimum absolute atomic E-state index is 0.00423. The molecule has 0 bridgehead atoms. The number of rotatable bonds is 19. The highest BCUT2D eigenvalue weighted by atomic mass is 16.6. The number of ether oxygens (including phenoxy) is 1. The molecule has 0 unspecified atom stereocenters. The average molecular weight is 760 g/mol. The van der Waals surface area contributed by atoms with E-state index < -0.39 is 71.7 Å². The number of esters is 1. The molecule has 0 saturated carbocycles. The van der Waals surface area contributed by atoms with E-state index in [4.69, 9.17) is 4.74 Å². The van der Waals surface area contributed by atoms with Gasteiger partial charge in [0.2, 0.25) is 23.6 Å². The van der Waals surface area contributed by atoms with Gasteiger partial charge in [-0.1, -0.05) is 85.2 Å². The summed E-state index contributed by atoms with van der Waals surface area (Å²) in [5.74, 6) is -3.61. The van der Waals surface area contributed by atoms with E-state index in [9.17, 15) is 34.2 Å². The number of carbonyl (C=O) groups excluding carboxylic acids is 5. The van der Waals surface area contributed by atoms with Crippen molar-refractivity contribution < 1.29 is 38.9 Å². The Balaban J connectivity index is 2.22. The molecule has 13 nitrogen and oxygen atoms in total. The average Bonchev–Trinajstić information content (AvgIpc) is 3.59. The Morgan fingerprint density at radius 1 is 0.926 bits per heavy atom. The number of hydrogen-bond acceptors (Lipinski definition) is 9. The zero-order chi connectivity index (χ0) is 41.1. The van der Waals surface area contributed by atoms with E-state index in [2.05, 4.69) is 16.0 Å². The van der Waals surface area contributed by atoms with Crippen molar-refractivity contribution in [2.75, 3.05) is 20.6 Å². The van der Waals surface area contributed by atoms with Gasteiger partial charge in [-0.25, -0.2) is 4.79 Å². The third-order valence-electron chi connectivity index (χ3n) is 10.5. The number of likely N-dealkylation sites (tertiary alicyclic amines) is 1. The maximum absolute atomic E-state index is 14.0. The fourth-order valence-electron chi connectivity index (χ4n) is 7.23. The van der Waals surface area contributed by atoms with Crippen LogP contribution >= 0.6 is 0 Å². The first-order valence-corrected chi connectivity index (χ1v) is 19.6. The van der Waals surface area contributed by atoms with Gasteiger partial charge in [0.1, 0.15) is 17.7 Å². The van der Waals surface area contributed by atoms with Crippen molar-refractivity contribution in [2.45, 2.75) is 149 Å². The van der Waals surface area contributed by atoms with Gasteiger partial charge < -0.3 is 40.7 Å². The van der Waals surface area contributed by atoms with Crippen LogP contribution in [0.2, 0.25) is 0 Å². The van der Waals surface area contributed by atoms with Crippen LogP contribution < -0.4 is 16.0 Å². The zero-order valence-corrected chi connectivity index (χ0v) is 34.7. The second-order valence-electron chi connectivity index (χ2n) is 16.7. The van der Waals surface area contributed by atoms with E-state index in [-0.39, 0.29) is 42.4 Å². The van der Waals surface area contributed by atoms with Crippen LogP contribution in [0.15, 0.2) is 30.3 Å². The highest BCUT2D eigenvalue weighted by molar-refractivity contribution is 5.90. The summed E-state index contributed by atoms with van der Waals surface area (Å²) < 4.78 is 5.60. The monoisotopic (exact) mass is 760 g/mol. The van der Waals surface area contributed by atoms with E-state index in [1.54, 1.807) is 41.8 Å². The largest absolute Gasteiger partial charge is 0.458 e. The Morgan fingerprint density at radius 3 is 2.04 bits per heavy atom. The van der Waals surface area contributed by atoms with Gasteiger partial charge in [0.05, 0.1) is 42.7 Å². The molecule has 0 aliphatic carbocycles. The van der Waals surface area contributed by atoms with Gasteiger partial charge in [0.25, 0.3) is 0 Å². The molecule has 1 aromatic rings. The first-order valence-electron chi connectivity index (χ1n) is 19.6. The van der Waals surface area contributed by atoms with Crippen LogP contribution in [0.1, 0.15) is 100 Å². The lowest BCUT2D eigenvalue weighted by Gasteiger charge is -2.39. The van der Waals surface area contributed by atoms with E-state index in [0.29, 0.717) is 25.8 Å². The molecule has 1 aliphatic rings. The smallest absolute Gasteiger partial charge is 0.329 e.